The molecule has 0 radical (unpaired) electrons. The Kier molecular flexibility index (Phi) is 5.90. The summed E-state index contributed by atoms with van der Waals surface area (Å²) in [5.74, 6) is 0.921. The largest absolute Gasteiger partial charge is 0.382 e. The Bertz CT molecular complexity index is 373. The molecule has 1 aromatic carbocycles. The molecule has 0 saturated heterocycles. The van der Waals surface area contributed by atoms with Crippen molar-refractivity contribution in [2.45, 2.75) is 59.0 Å². The Hall–Kier alpha value is -1.02. The Balaban J connectivity index is 1.85. The minimum absolute atomic E-state index is 0.680. The highest BCUT2D eigenvalue weighted by Gasteiger charge is 2.17. The van der Waals surface area contributed by atoms with Gasteiger partial charge in [-0.3, -0.25) is 4.90 Å². The number of hydrogen-bond donors (Lipinski definition) is 1. The zero-order chi connectivity index (χ0) is 14.4. The van der Waals surface area contributed by atoms with Crippen molar-refractivity contribution in [3.8, 4) is 0 Å². The van der Waals surface area contributed by atoms with Gasteiger partial charge in [0.15, 0.2) is 0 Å². The Morgan fingerprint density at radius 3 is 2.15 bits per heavy atom. The maximum absolute atomic E-state index is 3.70. The van der Waals surface area contributed by atoms with Crippen molar-refractivity contribution in [2.75, 3.05) is 18.4 Å². The first-order valence-electron chi connectivity index (χ1n) is 8.29. The van der Waals surface area contributed by atoms with Crippen molar-refractivity contribution in [3.05, 3.63) is 29.8 Å². The van der Waals surface area contributed by atoms with E-state index in [0.29, 0.717) is 6.04 Å². The van der Waals surface area contributed by atoms with E-state index in [-0.39, 0.29) is 0 Å². The number of nitrogens with zero attached hydrogens (tertiary/aromatic N) is 1. The molecule has 1 aromatic rings. The molecule has 20 heavy (non-hydrogen) atoms. The first-order valence-corrected chi connectivity index (χ1v) is 8.29. The molecule has 0 amide bonds. The summed E-state index contributed by atoms with van der Waals surface area (Å²) in [5.41, 5.74) is 2.70. The van der Waals surface area contributed by atoms with E-state index in [1.54, 1.807) is 0 Å². The van der Waals surface area contributed by atoms with Crippen LogP contribution < -0.4 is 5.32 Å². The van der Waals surface area contributed by atoms with Crippen molar-refractivity contribution in [3.63, 3.8) is 0 Å². The van der Waals surface area contributed by atoms with Crippen LogP contribution in [0.3, 0.4) is 0 Å². The lowest BCUT2D eigenvalue weighted by molar-refractivity contribution is 0.296. The molecule has 0 bridgehead atoms. The quantitative estimate of drug-likeness (QED) is 0.820. The summed E-state index contributed by atoms with van der Waals surface area (Å²) in [4.78, 5) is 2.45. The zero-order valence-electron chi connectivity index (χ0n) is 13.4. The fourth-order valence-corrected chi connectivity index (χ4v) is 3.05. The maximum atomic E-state index is 3.70. The van der Waals surface area contributed by atoms with Crippen LogP contribution in [0.2, 0.25) is 0 Å². The minimum atomic E-state index is 0.680. The van der Waals surface area contributed by atoms with Gasteiger partial charge in [-0.1, -0.05) is 32.9 Å². The molecular weight excluding hydrogens is 244 g/mol. The number of nitrogens with one attached hydrogen (secondary N) is 1. The van der Waals surface area contributed by atoms with Crippen molar-refractivity contribution in [2.24, 2.45) is 5.92 Å². The molecule has 2 heteroatoms. The van der Waals surface area contributed by atoms with Gasteiger partial charge in [0.2, 0.25) is 0 Å². The second kappa shape index (κ2) is 7.68. The molecule has 0 heterocycles. The molecule has 0 unspecified atom stereocenters. The van der Waals surface area contributed by atoms with Crippen molar-refractivity contribution < 1.29 is 0 Å². The van der Waals surface area contributed by atoms with E-state index in [9.17, 15) is 0 Å². The summed E-state index contributed by atoms with van der Waals surface area (Å²) >= 11 is 0. The highest BCUT2D eigenvalue weighted by atomic mass is 15.1. The van der Waals surface area contributed by atoms with Gasteiger partial charge >= 0.3 is 0 Å². The van der Waals surface area contributed by atoms with Crippen molar-refractivity contribution in [1.29, 1.82) is 0 Å². The summed E-state index contributed by atoms with van der Waals surface area (Å²) in [5, 5.41) is 3.70. The molecule has 1 N–H and O–H groups in total. The van der Waals surface area contributed by atoms with E-state index in [1.165, 1.54) is 36.9 Å². The van der Waals surface area contributed by atoms with Crippen LogP contribution in [-0.4, -0.2) is 24.0 Å². The van der Waals surface area contributed by atoms with Crippen LogP contribution in [0.15, 0.2) is 24.3 Å². The lowest BCUT2D eigenvalue weighted by Gasteiger charge is -2.27. The van der Waals surface area contributed by atoms with E-state index >= 15 is 0 Å². The monoisotopic (exact) mass is 274 g/mol. The van der Waals surface area contributed by atoms with Gasteiger partial charge < -0.3 is 5.32 Å². The van der Waals surface area contributed by atoms with Crippen LogP contribution in [0.4, 0.5) is 5.69 Å². The second-order valence-corrected chi connectivity index (χ2v) is 6.26. The number of rotatable bonds is 6. The average molecular weight is 274 g/mol. The first-order chi connectivity index (χ1) is 9.71. The standard InChI is InChI=1S/C18H30N2/c1-4-20(5-2)14-16-8-12-18(13-9-16)19-17-10-6-15(3)7-11-17/h8-9,12-13,15,17,19H,4-7,10-11,14H2,1-3H3. The Labute approximate surface area is 124 Å². The molecule has 1 fully saturated rings. The topological polar surface area (TPSA) is 15.3 Å². The van der Waals surface area contributed by atoms with E-state index in [2.05, 4.69) is 55.3 Å². The summed E-state index contributed by atoms with van der Waals surface area (Å²) < 4.78 is 0. The molecular formula is C18H30N2. The van der Waals surface area contributed by atoms with Crippen molar-refractivity contribution >= 4 is 5.69 Å². The first kappa shape index (κ1) is 15.4. The fourth-order valence-electron chi connectivity index (χ4n) is 3.05. The lowest BCUT2D eigenvalue weighted by Crippen LogP contribution is -2.25. The molecule has 1 aliphatic rings. The number of anilines is 1. The third kappa shape index (κ3) is 4.52. The molecule has 112 valence electrons. The van der Waals surface area contributed by atoms with Crippen LogP contribution in [0.25, 0.3) is 0 Å². The molecule has 0 aliphatic heterocycles. The SMILES string of the molecule is CCN(CC)Cc1ccc(NC2CCC(C)CC2)cc1. The predicted molar refractivity (Wildman–Crippen MR) is 88.1 cm³/mol. The van der Waals surface area contributed by atoms with Gasteiger partial charge in [-0.05, 0) is 62.4 Å². The summed E-state index contributed by atoms with van der Waals surface area (Å²) in [7, 11) is 0. The Morgan fingerprint density at radius 2 is 1.60 bits per heavy atom. The molecule has 0 atom stereocenters. The van der Waals surface area contributed by atoms with Gasteiger partial charge in [0.1, 0.15) is 0 Å². The van der Waals surface area contributed by atoms with Crippen LogP contribution in [0.5, 0.6) is 0 Å². The smallest absolute Gasteiger partial charge is 0.0342 e. The lowest BCUT2D eigenvalue weighted by atomic mass is 9.87. The van der Waals surface area contributed by atoms with E-state index in [4.69, 9.17) is 0 Å². The molecule has 1 aliphatic carbocycles. The van der Waals surface area contributed by atoms with Crippen LogP contribution in [0.1, 0.15) is 52.0 Å². The molecule has 0 spiro atoms. The Morgan fingerprint density at radius 1 is 1.00 bits per heavy atom. The number of hydrogen-bond acceptors (Lipinski definition) is 2. The third-order valence-electron chi connectivity index (χ3n) is 4.64. The van der Waals surface area contributed by atoms with Crippen LogP contribution in [-0.2, 0) is 6.54 Å². The second-order valence-electron chi connectivity index (χ2n) is 6.26. The van der Waals surface area contributed by atoms with E-state index in [0.717, 1.165) is 25.6 Å². The van der Waals surface area contributed by atoms with Crippen LogP contribution >= 0.6 is 0 Å². The summed E-state index contributed by atoms with van der Waals surface area (Å²) in [6.45, 7) is 10.1. The van der Waals surface area contributed by atoms with E-state index < -0.39 is 0 Å². The van der Waals surface area contributed by atoms with Crippen LogP contribution in [0, 0.1) is 5.92 Å². The van der Waals surface area contributed by atoms with Gasteiger partial charge in [-0.25, -0.2) is 0 Å². The number of benzene rings is 1. The van der Waals surface area contributed by atoms with Crippen molar-refractivity contribution in [1.82, 2.24) is 4.90 Å². The normalized spacial score (nSPS) is 23.0. The van der Waals surface area contributed by atoms with Gasteiger partial charge in [0, 0.05) is 18.3 Å². The van der Waals surface area contributed by atoms with Gasteiger partial charge in [0.25, 0.3) is 0 Å². The molecule has 0 aromatic heterocycles. The maximum Gasteiger partial charge on any atom is 0.0342 e. The minimum Gasteiger partial charge on any atom is -0.382 e. The van der Waals surface area contributed by atoms with E-state index in [1.807, 2.05) is 0 Å². The molecule has 2 rings (SSSR count). The van der Waals surface area contributed by atoms with Gasteiger partial charge in [-0.15, -0.1) is 0 Å². The van der Waals surface area contributed by atoms with Gasteiger partial charge in [0.05, 0.1) is 0 Å². The summed E-state index contributed by atoms with van der Waals surface area (Å²) in [6, 6.07) is 9.71. The third-order valence-corrected chi connectivity index (χ3v) is 4.64. The molecule has 1 saturated carbocycles. The predicted octanol–water partition coefficient (Wildman–Crippen LogP) is 4.52. The average Bonchev–Trinajstić information content (AvgIpc) is 2.49. The highest BCUT2D eigenvalue weighted by molar-refractivity contribution is 5.45. The fraction of sp³-hybridized carbons (Fsp3) is 0.667. The highest BCUT2D eigenvalue weighted by Crippen LogP contribution is 2.26. The summed E-state index contributed by atoms with van der Waals surface area (Å²) in [6.07, 6.45) is 5.39. The zero-order valence-corrected chi connectivity index (χ0v) is 13.4. The molecule has 2 nitrogen and oxygen atoms in total. The van der Waals surface area contributed by atoms with Gasteiger partial charge in [-0.2, -0.15) is 0 Å².